The third-order valence-electron chi connectivity index (χ3n) is 13.5. The first-order chi connectivity index (χ1) is 17.4. The number of carbonyl (C=O) groups is 2. The molecule has 0 N–H and O–H groups in total. The fraction of sp³-hybridized carbons (Fsp3) is 0.875. The number of allylic oxidation sites excluding steroid dienone is 2. The predicted molar refractivity (Wildman–Crippen MR) is 145 cm³/mol. The van der Waals surface area contributed by atoms with E-state index >= 15 is 0 Å². The van der Waals surface area contributed by atoms with Gasteiger partial charge in [-0.25, -0.2) is 0 Å². The lowest BCUT2D eigenvalue weighted by Gasteiger charge is -2.61. The van der Waals surface area contributed by atoms with Crippen molar-refractivity contribution in [3.8, 4) is 0 Å². The maximum atomic E-state index is 12.6. The van der Waals surface area contributed by atoms with Crippen LogP contribution in [0, 0.1) is 63.1 Å². The Labute approximate surface area is 228 Å². The lowest BCUT2D eigenvalue weighted by atomic mass is 9.43. The van der Waals surface area contributed by atoms with E-state index in [2.05, 4.69) is 40.7 Å². The topological polar surface area (TPSA) is 52.6 Å². The second-order valence-electron chi connectivity index (χ2n) is 14.7. The molecule has 0 aromatic heterocycles. The maximum absolute atomic E-state index is 12.6. The molecule has 13 atom stereocenters. The molecule has 4 saturated carbocycles. The highest BCUT2D eigenvalue weighted by atomic mass is 35.5. The van der Waals surface area contributed by atoms with E-state index in [9.17, 15) is 9.59 Å². The van der Waals surface area contributed by atoms with Gasteiger partial charge in [-0.1, -0.05) is 40.7 Å². The Kier molecular flexibility index (Phi) is 6.10. The minimum atomic E-state index is -0.152. The van der Waals surface area contributed by atoms with Crippen molar-refractivity contribution in [3.05, 3.63) is 12.2 Å². The molecule has 1 heterocycles. The first-order valence-electron chi connectivity index (χ1n) is 15.0. The smallest absolute Gasteiger partial charge is 0.302 e. The summed E-state index contributed by atoms with van der Waals surface area (Å²) in [6.07, 6.45) is 12.4. The van der Waals surface area contributed by atoms with Crippen LogP contribution >= 0.6 is 11.6 Å². The number of hydrogen-bond acceptors (Lipinski definition) is 4. The molecule has 6 aliphatic rings. The summed E-state index contributed by atoms with van der Waals surface area (Å²) in [6, 6.07) is 0. The molecule has 1 saturated heterocycles. The standard InChI is InChI=1S/C32H47ClO4/c1-18(13-25-22(15-33)19(2)16-36-25)28-26(37-21(4)34)14-30(6)27-8-7-23-20(3)24(35)9-10-31(23)17-32(27,31)12-11-29(28,30)5/h9-10,18-20,22-23,25-28H,7-8,11-17H2,1-6H3/t18-,19+,20+,22+,23+,25-,26+,27+,28+,29-,30+,31-,32+/m1/s1. The van der Waals surface area contributed by atoms with Crippen LogP contribution in [0.15, 0.2) is 12.2 Å². The van der Waals surface area contributed by atoms with Crippen LogP contribution in [0.4, 0.5) is 0 Å². The van der Waals surface area contributed by atoms with Crippen LogP contribution in [0.25, 0.3) is 0 Å². The fourth-order valence-electron chi connectivity index (χ4n) is 11.6. The summed E-state index contributed by atoms with van der Waals surface area (Å²) in [4.78, 5) is 25.0. The van der Waals surface area contributed by atoms with E-state index in [-0.39, 0.29) is 40.3 Å². The van der Waals surface area contributed by atoms with Gasteiger partial charge in [0.15, 0.2) is 5.78 Å². The first kappa shape index (κ1) is 26.4. The molecule has 0 unspecified atom stereocenters. The fourth-order valence-corrected chi connectivity index (χ4v) is 12.1. The molecule has 0 amide bonds. The molecule has 4 nitrogen and oxygen atoms in total. The largest absolute Gasteiger partial charge is 0.462 e. The molecule has 1 aliphatic heterocycles. The average Bonchev–Trinajstić information content (AvgIpc) is 3.28. The number of rotatable bonds is 5. The van der Waals surface area contributed by atoms with Crippen molar-refractivity contribution in [1.29, 1.82) is 0 Å². The van der Waals surface area contributed by atoms with E-state index in [1.165, 1.54) is 25.7 Å². The van der Waals surface area contributed by atoms with Gasteiger partial charge in [0.1, 0.15) is 6.10 Å². The Morgan fingerprint density at radius 3 is 2.68 bits per heavy atom. The van der Waals surface area contributed by atoms with E-state index in [1.807, 2.05) is 6.08 Å². The Bertz CT molecular complexity index is 1010. The maximum Gasteiger partial charge on any atom is 0.302 e. The van der Waals surface area contributed by atoms with Crippen molar-refractivity contribution >= 4 is 23.4 Å². The molecule has 206 valence electrons. The van der Waals surface area contributed by atoms with Crippen LogP contribution in [0.5, 0.6) is 0 Å². The van der Waals surface area contributed by atoms with Crippen LogP contribution in [-0.4, -0.2) is 36.4 Å². The summed E-state index contributed by atoms with van der Waals surface area (Å²) in [7, 11) is 0. The number of alkyl halides is 1. The van der Waals surface area contributed by atoms with E-state index in [0.717, 1.165) is 25.9 Å². The van der Waals surface area contributed by atoms with E-state index in [0.29, 0.717) is 52.6 Å². The number of ketones is 1. The van der Waals surface area contributed by atoms with Crippen molar-refractivity contribution in [2.45, 2.75) is 98.7 Å². The zero-order valence-electron chi connectivity index (χ0n) is 23.7. The Morgan fingerprint density at radius 1 is 1.22 bits per heavy atom. The summed E-state index contributed by atoms with van der Waals surface area (Å²) in [6.45, 7) is 14.3. The van der Waals surface area contributed by atoms with Gasteiger partial charge in [-0.05, 0) is 96.4 Å². The zero-order chi connectivity index (χ0) is 26.5. The number of hydrogen-bond donors (Lipinski definition) is 0. The van der Waals surface area contributed by atoms with Gasteiger partial charge in [-0.2, -0.15) is 0 Å². The lowest BCUT2D eigenvalue weighted by molar-refractivity contribution is -0.151. The SMILES string of the molecule is CC(=O)O[C@H]1C[C@@]2(C)[C@@H]3CC[C@H]4[C@H](C)C(=O)C=C[C@@]45C[C@@]35CC[C@]2(C)[C@H]1[C@H](C)C[C@H]1OC[C@H](C)[C@@H]1CCl. The number of ether oxygens (including phenoxy) is 2. The zero-order valence-corrected chi connectivity index (χ0v) is 24.5. The summed E-state index contributed by atoms with van der Waals surface area (Å²) in [5, 5.41) is 0. The average molecular weight is 531 g/mol. The molecule has 0 aromatic carbocycles. The Morgan fingerprint density at radius 2 is 1.97 bits per heavy atom. The second-order valence-corrected chi connectivity index (χ2v) is 15.0. The van der Waals surface area contributed by atoms with Gasteiger partial charge >= 0.3 is 5.97 Å². The van der Waals surface area contributed by atoms with Crippen LogP contribution in [0.2, 0.25) is 0 Å². The Hall–Kier alpha value is -0.870. The number of halogens is 1. The predicted octanol–water partition coefficient (Wildman–Crippen LogP) is 6.84. The highest BCUT2D eigenvalue weighted by Gasteiger charge is 2.81. The quantitative estimate of drug-likeness (QED) is 0.288. The molecule has 0 aromatic rings. The highest BCUT2D eigenvalue weighted by molar-refractivity contribution is 6.18. The molecule has 5 heteroatoms. The summed E-state index contributed by atoms with van der Waals surface area (Å²) in [5.74, 6) is 3.71. The van der Waals surface area contributed by atoms with Gasteiger partial charge in [-0.3, -0.25) is 9.59 Å². The second kappa shape index (κ2) is 8.56. The van der Waals surface area contributed by atoms with E-state index in [4.69, 9.17) is 21.1 Å². The summed E-state index contributed by atoms with van der Waals surface area (Å²) in [5.41, 5.74) is 0.768. The molecule has 5 fully saturated rings. The highest BCUT2D eigenvalue weighted by Crippen LogP contribution is 2.87. The van der Waals surface area contributed by atoms with E-state index in [1.54, 1.807) is 6.92 Å². The number of fused-ring (bicyclic) bond motifs is 2. The first-order valence-corrected chi connectivity index (χ1v) is 15.6. The van der Waals surface area contributed by atoms with Gasteiger partial charge in [0.05, 0.1) is 6.10 Å². The molecule has 0 bridgehead atoms. The van der Waals surface area contributed by atoms with Crippen LogP contribution in [0.1, 0.15) is 86.5 Å². The number of carbonyl (C=O) groups excluding carboxylic acids is 2. The van der Waals surface area contributed by atoms with Crippen LogP contribution < -0.4 is 0 Å². The molecule has 37 heavy (non-hydrogen) atoms. The van der Waals surface area contributed by atoms with Crippen molar-refractivity contribution < 1.29 is 19.1 Å². The third kappa shape index (κ3) is 3.36. The minimum absolute atomic E-state index is 0.0410. The van der Waals surface area contributed by atoms with Gasteiger partial charge < -0.3 is 9.47 Å². The van der Waals surface area contributed by atoms with Crippen LogP contribution in [-0.2, 0) is 19.1 Å². The summed E-state index contributed by atoms with van der Waals surface area (Å²) >= 11 is 6.39. The molecular formula is C32H47ClO4. The third-order valence-corrected chi connectivity index (χ3v) is 13.9. The summed E-state index contributed by atoms with van der Waals surface area (Å²) < 4.78 is 12.5. The number of esters is 1. The molecule has 0 radical (unpaired) electrons. The van der Waals surface area contributed by atoms with Gasteiger partial charge in [0.25, 0.3) is 0 Å². The van der Waals surface area contributed by atoms with Crippen molar-refractivity contribution in [1.82, 2.24) is 0 Å². The monoisotopic (exact) mass is 530 g/mol. The van der Waals surface area contributed by atoms with Crippen molar-refractivity contribution in [3.63, 3.8) is 0 Å². The molecule has 6 rings (SSSR count). The lowest BCUT2D eigenvalue weighted by Crippen LogP contribution is -2.55. The van der Waals surface area contributed by atoms with Gasteiger partial charge in [0, 0.05) is 37.2 Å². The van der Waals surface area contributed by atoms with Crippen molar-refractivity contribution in [2.24, 2.45) is 63.1 Å². The minimum Gasteiger partial charge on any atom is -0.462 e. The Balaban J connectivity index is 1.33. The van der Waals surface area contributed by atoms with Gasteiger partial charge in [-0.15, -0.1) is 11.6 Å². The van der Waals surface area contributed by atoms with Gasteiger partial charge in [0.2, 0.25) is 0 Å². The normalized spacial score (nSPS) is 54.6. The van der Waals surface area contributed by atoms with Crippen molar-refractivity contribution in [2.75, 3.05) is 12.5 Å². The van der Waals surface area contributed by atoms with Crippen LogP contribution in [0.3, 0.4) is 0 Å². The molecule has 5 aliphatic carbocycles. The molecule has 2 spiro atoms. The molecular weight excluding hydrogens is 484 g/mol. The van der Waals surface area contributed by atoms with E-state index < -0.39 is 0 Å².